The van der Waals surface area contributed by atoms with Gasteiger partial charge in [0.1, 0.15) is 0 Å². The number of H-pyrrole nitrogens is 2. The predicted octanol–water partition coefficient (Wildman–Crippen LogP) is 2.13. The summed E-state index contributed by atoms with van der Waals surface area (Å²) in [5, 5.41) is 0. The highest BCUT2D eigenvalue weighted by Crippen LogP contribution is 2.36. The lowest BCUT2D eigenvalue weighted by Gasteiger charge is -2.19. The molecule has 4 rings (SSSR count). The number of benzene rings is 2. The van der Waals surface area contributed by atoms with Gasteiger partial charge in [0.15, 0.2) is 0 Å². The van der Waals surface area contributed by atoms with Crippen LogP contribution in [0.1, 0.15) is 5.56 Å². The molecule has 1 aromatic heterocycles. The van der Waals surface area contributed by atoms with E-state index in [4.69, 9.17) is 5.73 Å². The summed E-state index contributed by atoms with van der Waals surface area (Å²) >= 11 is 0. The molecule has 0 aliphatic carbocycles. The predicted molar refractivity (Wildman–Crippen MR) is 80.5 cm³/mol. The third-order valence-electron chi connectivity index (χ3n) is 3.81. The van der Waals surface area contributed by atoms with Crippen LogP contribution in [0.25, 0.3) is 11.0 Å². The number of nitrogen functional groups attached to an aromatic ring is 1. The Labute approximate surface area is 115 Å². The number of nitrogens with zero attached hydrogens (tertiary/aromatic N) is 1. The number of hydrogen-bond acceptors (Lipinski definition) is 3. The Hall–Kier alpha value is -2.69. The third kappa shape index (κ3) is 1.60. The fourth-order valence-corrected chi connectivity index (χ4v) is 2.88. The van der Waals surface area contributed by atoms with Gasteiger partial charge in [0.05, 0.1) is 11.0 Å². The molecule has 20 heavy (non-hydrogen) atoms. The number of hydrogen-bond donors (Lipinski definition) is 3. The summed E-state index contributed by atoms with van der Waals surface area (Å²) in [6.45, 7) is 0.930. The van der Waals surface area contributed by atoms with Gasteiger partial charge in [-0.1, -0.05) is 0 Å². The molecule has 0 saturated heterocycles. The van der Waals surface area contributed by atoms with Gasteiger partial charge >= 0.3 is 5.69 Å². The number of nitrogens with two attached hydrogens (primary N) is 1. The van der Waals surface area contributed by atoms with E-state index in [0.29, 0.717) is 0 Å². The van der Waals surface area contributed by atoms with Gasteiger partial charge in [0.2, 0.25) is 0 Å². The molecule has 5 heteroatoms. The Morgan fingerprint density at radius 3 is 2.80 bits per heavy atom. The number of aromatic nitrogens is 2. The van der Waals surface area contributed by atoms with E-state index in [1.165, 1.54) is 11.3 Å². The van der Waals surface area contributed by atoms with Crippen molar-refractivity contribution in [1.29, 1.82) is 0 Å². The van der Waals surface area contributed by atoms with E-state index >= 15 is 0 Å². The fourth-order valence-electron chi connectivity index (χ4n) is 2.88. The molecular formula is C15H14N4O. The zero-order valence-corrected chi connectivity index (χ0v) is 10.8. The summed E-state index contributed by atoms with van der Waals surface area (Å²) in [5.41, 5.74) is 11.7. The van der Waals surface area contributed by atoms with Crippen molar-refractivity contribution in [2.24, 2.45) is 0 Å². The van der Waals surface area contributed by atoms with Gasteiger partial charge in [-0.2, -0.15) is 0 Å². The smallest absolute Gasteiger partial charge is 0.323 e. The van der Waals surface area contributed by atoms with E-state index in [9.17, 15) is 4.79 Å². The average molecular weight is 266 g/mol. The van der Waals surface area contributed by atoms with Crippen LogP contribution in [-0.2, 0) is 6.42 Å². The van der Waals surface area contributed by atoms with E-state index in [1.807, 2.05) is 30.3 Å². The quantitative estimate of drug-likeness (QED) is 0.590. The molecule has 3 aromatic rings. The van der Waals surface area contributed by atoms with Crippen molar-refractivity contribution in [1.82, 2.24) is 9.97 Å². The second-order valence-electron chi connectivity index (χ2n) is 5.10. The van der Waals surface area contributed by atoms with E-state index < -0.39 is 0 Å². The molecule has 4 N–H and O–H groups in total. The minimum Gasteiger partial charge on any atom is -0.399 e. The number of anilines is 3. The third-order valence-corrected chi connectivity index (χ3v) is 3.81. The van der Waals surface area contributed by atoms with Gasteiger partial charge in [-0.3, -0.25) is 0 Å². The molecule has 0 spiro atoms. The Balaban J connectivity index is 1.83. The van der Waals surface area contributed by atoms with Gasteiger partial charge in [-0.15, -0.1) is 0 Å². The highest BCUT2D eigenvalue weighted by molar-refractivity contribution is 5.82. The van der Waals surface area contributed by atoms with Crippen molar-refractivity contribution < 1.29 is 0 Å². The van der Waals surface area contributed by atoms with Crippen molar-refractivity contribution in [2.75, 3.05) is 17.2 Å². The second-order valence-corrected chi connectivity index (χ2v) is 5.10. The molecule has 2 heterocycles. The topological polar surface area (TPSA) is 77.9 Å². The van der Waals surface area contributed by atoms with Crippen LogP contribution < -0.4 is 16.3 Å². The molecule has 0 atom stereocenters. The van der Waals surface area contributed by atoms with E-state index in [0.717, 1.165) is 35.4 Å². The molecule has 100 valence electrons. The summed E-state index contributed by atoms with van der Waals surface area (Å²) in [6, 6.07) is 12.0. The first-order chi connectivity index (χ1) is 9.70. The minimum absolute atomic E-state index is 0.174. The molecule has 1 aliphatic heterocycles. The van der Waals surface area contributed by atoms with Crippen molar-refractivity contribution in [3.63, 3.8) is 0 Å². The largest absolute Gasteiger partial charge is 0.399 e. The summed E-state index contributed by atoms with van der Waals surface area (Å²) in [7, 11) is 0. The Bertz CT molecular complexity index is 862. The SMILES string of the molecule is Nc1ccc2c(c1)CCN2c1ccc2[nH]c(=O)[nH]c2c1. The van der Waals surface area contributed by atoms with Gasteiger partial charge < -0.3 is 20.6 Å². The summed E-state index contributed by atoms with van der Waals surface area (Å²) in [4.78, 5) is 19.1. The lowest BCUT2D eigenvalue weighted by Crippen LogP contribution is -2.12. The standard InChI is InChI=1S/C15H14N4O/c16-10-1-4-14-9(7-10)5-6-19(14)11-2-3-12-13(8-11)18-15(20)17-12/h1-4,7-8H,5-6,16H2,(H2,17,18,20). The molecule has 0 fully saturated rings. The van der Waals surface area contributed by atoms with Crippen LogP contribution in [0.3, 0.4) is 0 Å². The van der Waals surface area contributed by atoms with Crippen LogP contribution in [0.4, 0.5) is 17.1 Å². The van der Waals surface area contributed by atoms with Gasteiger partial charge in [-0.05, 0) is 48.4 Å². The van der Waals surface area contributed by atoms with E-state index in [2.05, 4.69) is 20.9 Å². The van der Waals surface area contributed by atoms with Gasteiger partial charge in [0.25, 0.3) is 0 Å². The van der Waals surface area contributed by atoms with Crippen molar-refractivity contribution in [2.45, 2.75) is 6.42 Å². The van der Waals surface area contributed by atoms with Crippen LogP contribution in [0.15, 0.2) is 41.2 Å². The number of aromatic amines is 2. The molecule has 0 saturated carbocycles. The second kappa shape index (κ2) is 3.90. The number of rotatable bonds is 1. The molecule has 2 aromatic carbocycles. The molecule has 0 unspecified atom stereocenters. The fraction of sp³-hybridized carbons (Fsp3) is 0.133. The normalized spacial score (nSPS) is 13.9. The highest BCUT2D eigenvalue weighted by Gasteiger charge is 2.20. The zero-order valence-electron chi connectivity index (χ0n) is 10.8. The Morgan fingerprint density at radius 1 is 1.05 bits per heavy atom. The summed E-state index contributed by atoms with van der Waals surface area (Å²) < 4.78 is 0. The van der Waals surface area contributed by atoms with Crippen LogP contribution in [0.2, 0.25) is 0 Å². The van der Waals surface area contributed by atoms with Crippen LogP contribution in [0.5, 0.6) is 0 Å². The monoisotopic (exact) mass is 266 g/mol. The van der Waals surface area contributed by atoms with Crippen LogP contribution >= 0.6 is 0 Å². The van der Waals surface area contributed by atoms with Crippen LogP contribution in [-0.4, -0.2) is 16.5 Å². The zero-order chi connectivity index (χ0) is 13.7. The Morgan fingerprint density at radius 2 is 1.90 bits per heavy atom. The van der Waals surface area contributed by atoms with E-state index in [1.54, 1.807) is 0 Å². The minimum atomic E-state index is -0.174. The van der Waals surface area contributed by atoms with Gasteiger partial charge in [-0.25, -0.2) is 4.79 Å². The van der Waals surface area contributed by atoms with Crippen molar-refractivity contribution in [3.05, 3.63) is 52.4 Å². The first-order valence-corrected chi connectivity index (χ1v) is 6.59. The molecule has 5 nitrogen and oxygen atoms in total. The average Bonchev–Trinajstić information content (AvgIpc) is 2.99. The lowest BCUT2D eigenvalue weighted by molar-refractivity contribution is 0.999. The summed E-state index contributed by atoms with van der Waals surface area (Å²) in [5.74, 6) is 0. The molecule has 1 aliphatic rings. The van der Waals surface area contributed by atoms with Crippen LogP contribution in [0, 0.1) is 0 Å². The molecule has 0 radical (unpaired) electrons. The van der Waals surface area contributed by atoms with E-state index in [-0.39, 0.29) is 5.69 Å². The first-order valence-electron chi connectivity index (χ1n) is 6.59. The molecule has 0 amide bonds. The first kappa shape index (κ1) is 11.2. The van der Waals surface area contributed by atoms with Crippen molar-refractivity contribution in [3.8, 4) is 0 Å². The maximum atomic E-state index is 11.3. The Kier molecular flexibility index (Phi) is 2.18. The molecular weight excluding hydrogens is 252 g/mol. The lowest BCUT2D eigenvalue weighted by atomic mass is 10.1. The maximum absolute atomic E-state index is 11.3. The summed E-state index contributed by atoms with van der Waals surface area (Å²) in [6.07, 6.45) is 0.988. The number of imidazole rings is 1. The highest BCUT2D eigenvalue weighted by atomic mass is 16.1. The number of nitrogens with one attached hydrogen (secondary N) is 2. The molecule has 0 bridgehead atoms. The maximum Gasteiger partial charge on any atom is 0.323 e. The number of fused-ring (bicyclic) bond motifs is 2. The van der Waals surface area contributed by atoms with Crippen molar-refractivity contribution >= 4 is 28.1 Å². The van der Waals surface area contributed by atoms with Gasteiger partial charge in [0, 0.05) is 23.6 Å².